The van der Waals surface area contributed by atoms with Gasteiger partial charge in [-0.1, -0.05) is 55.5 Å². The maximum Gasteiger partial charge on any atom is 0.345 e. The summed E-state index contributed by atoms with van der Waals surface area (Å²) in [4.78, 5) is 25.8. The van der Waals surface area contributed by atoms with Gasteiger partial charge in [-0.25, -0.2) is 9.97 Å². The van der Waals surface area contributed by atoms with Crippen molar-refractivity contribution in [1.29, 1.82) is 0 Å². The molecule has 1 aliphatic heterocycles. The van der Waals surface area contributed by atoms with Gasteiger partial charge in [0, 0.05) is 44.5 Å². The number of aromatic nitrogens is 4. The number of alkyl halides is 2. The molecule has 5 rings (SSSR count). The topological polar surface area (TPSA) is 76.4 Å². The predicted molar refractivity (Wildman–Crippen MR) is 136 cm³/mol. The van der Waals surface area contributed by atoms with Crippen molar-refractivity contribution >= 4 is 17.4 Å². The van der Waals surface area contributed by atoms with E-state index < -0.39 is 12.7 Å². The van der Waals surface area contributed by atoms with Gasteiger partial charge in [0.25, 0.3) is 0 Å². The Morgan fingerprint density at radius 1 is 1.08 bits per heavy atom. The van der Waals surface area contributed by atoms with Crippen molar-refractivity contribution in [1.82, 2.24) is 24.6 Å². The zero-order chi connectivity index (χ0) is 25.8. The second-order valence-corrected chi connectivity index (χ2v) is 9.06. The van der Waals surface area contributed by atoms with Gasteiger partial charge in [-0.3, -0.25) is 9.48 Å². The van der Waals surface area contributed by atoms with E-state index in [9.17, 15) is 13.6 Å². The lowest BCUT2D eigenvalue weighted by molar-refractivity contribution is -0.157. The van der Waals surface area contributed by atoms with Crippen LogP contribution in [-0.4, -0.2) is 69.5 Å². The van der Waals surface area contributed by atoms with Gasteiger partial charge in [0.1, 0.15) is 6.54 Å². The molecule has 3 aromatic rings. The Balaban J connectivity index is 1.33. The minimum atomic E-state index is -2.83. The molecule has 0 radical (unpaired) electrons. The van der Waals surface area contributed by atoms with Crippen molar-refractivity contribution in [3.8, 4) is 11.3 Å². The van der Waals surface area contributed by atoms with Crippen molar-refractivity contribution in [3.63, 3.8) is 0 Å². The first-order valence-electron chi connectivity index (χ1n) is 12.2. The van der Waals surface area contributed by atoms with Crippen LogP contribution < -0.4 is 4.90 Å². The molecule has 1 amide bonds. The molecule has 192 valence electrons. The van der Waals surface area contributed by atoms with Gasteiger partial charge in [0.2, 0.25) is 11.9 Å². The third-order valence-electron chi connectivity index (χ3n) is 6.58. The second-order valence-electron chi connectivity index (χ2n) is 9.06. The van der Waals surface area contributed by atoms with E-state index in [1.807, 2.05) is 54.3 Å². The number of benzene rings is 1. The Bertz CT molecular complexity index is 1270. The van der Waals surface area contributed by atoms with Gasteiger partial charge in [0.05, 0.1) is 17.5 Å². The number of hydrogen-bond donors (Lipinski definition) is 0. The number of anilines is 1. The van der Waals surface area contributed by atoms with E-state index >= 15 is 0 Å². The number of amides is 1. The van der Waals surface area contributed by atoms with Crippen LogP contribution in [0.1, 0.15) is 12.6 Å². The van der Waals surface area contributed by atoms with E-state index in [0.29, 0.717) is 37.8 Å². The van der Waals surface area contributed by atoms with E-state index in [4.69, 9.17) is 5.10 Å². The summed E-state index contributed by atoms with van der Waals surface area (Å²) in [6, 6.07) is 13.5. The largest absolute Gasteiger partial charge is 0.345 e. The summed E-state index contributed by atoms with van der Waals surface area (Å²) in [5.41, 5.74) is 3.23. The normalized spacial score (nSPS) is 19.8. The highest BCUT2D eigenvalue weighted by Crippen LogP contribution is 2.30. The smallest absolute Gasteiger partial charge is 0.338 e. The third kappa shape index (κ3) is 5.75. The third-order valence-corrected chi connectivity index (χ3v) is 6.58. The molecule has 37 heavy (non-hydrogen) atoms. The first kappa shape index (κ1) is 24.8. The lowest BCUT2D eigenvalue weighted by Gasteiger charge is -2.34. The maximum atomic E-state index is 13.3. The number of hydrogen-bond acceptors (Lipinski definition) is 6. The molecule has 2 atom stereocenters. The summed E-state index contributed by atoms with van der Waals surface area (Å²) >= 11 is 0. The number of nitrogens with zero attached hydrogens (tertiary/aromatic N) is 6. The average Bonchev–Trinajstić information content (AvgIpc) is 3.34. The van der Waals surface area contributed by atoms with Crippen LogP contribution in [0, 0.1) is 5.92 Å². The van der Waals surface area contributed by atoms with E-state index in [2.05, 4.69) is 19.6 Å². The van der Waals surface area contributed by atoms with Crippen LogP contribution in [0.5, 0.6) is 0 Å². The van der Waals surface area contributed by atoms with Gasteiger partial charge < -0.3 is 14.5 Å². The van der Waals surface area contributed by atoms with Crippen molar-refractivity contribution in [3.05, 3.63) is 78.8 Å². The zero-order valence-electron chi connectivity index (χ0n) is 20.5. The molecule has 2 aliphatic rings. The molecule has 8 nitrogen and oxygen atoms in total. The van der Waals surface area contributed by atoms with Gasteiger partial charge in [0.15, 0.2) is 0 Å². The summed E-state index contributed by atoms with van der Waals surface area (Å²) < 4.78 is 31.8. The van der Waals surface area contributed by atoms with Gasteiger partial charge in [-0.15, -0.1) is 0 Å². The molecule has 2 unspecified atom stereocenters. The lowest BCUT2D eigenvalue weighted by atomic mass is 9.93. The molecule has 3 heterocycles. The number of piperazine rings is 1. The quantitative estimate of drug-likeness (QED) is 0.484. The fourth-order valence-corrected chi connectivity index (χ4v) is 4.62. The van der Waals surface area contributed by atoms with Crippen LogP contribution in [0.25, 0.3) is 16.8 Å². The molecule has 0 bridgehead atoms. The molecule has 1 aromatic carbocycles. The van der Waals surface area contributed by atoms with Crippen LogP contribution in [0.3, 0.4) is 0 Å². The average molecular weight is 507 g/mol. The molecule has 1 saturated heterocycles. The SMILES string of the molecule is CC1C=C(c2cc(-c3ccccc3)n(CC(=O)N3CCN(c4ncccn4)CC3)n2)C=CC1OC(F)F. The molecule has 0 spiro atoms. The molecule has 0 saturated carbocycles. The van der Waals surface area contributed by atoms with Crippen LogP contribution >= 0.6 is 0 Å². The van der Waals surface area contributed by atoms with Crippen molar-refractivity contribution in [2.24, 2.45) is 5.92 Å². The second kappa shape index (κ2) is 11.0. The first-order valence-corrected chi connectivity index (χ1v) is 12.2. The highest BCUT2D eigenvalue weighted by atomic mass is 19.3. The van der Waals surface area contributed by atoms with E-state index in [1.165, 1.54) is 0 Å². The van der Waals surface area contributed by atoms with Crippen molar-refractivity contribution in [2.75, 3.05) is 31.1 Å². The summed E-state index contributed by atoms with van der Waals surface area (Å²) in [6.07, 6.45) is 7.99. The zero-order valence-corrected chi connectivity index (χ0v) is 20.5. The van der Waals surface area contributed by atoms with E-state index in [-0.39, 0.29) is 18.4 Å². The first-order chi connectivity index (χ1) is 18.0. The molecule has 1 aliphatic carbocycles. The Hall–Kier alpha value is -3.92. The predicted octanol–water partition coefficient (Wildman–Crippen LogP) is 3.89. The Morgan fingerprint density at radius 2 is 1.81 bits per heavy atom. The minimum Gasteiger partial charge on any atom is -0.338 e. The maximum absolute atomic E-state index is 13.3. The fraction of sp³-hybridized carbons (Fsp3) is 0.333. The molecule has 0 N–H and O–H groups in total. The monoisotopic (exact) mass is 506 g/mol. The van der Waals surface area contributed by atoms with Crippen LogP contribution in [0.15, 0.2) is 73.1 Å². The Labute approximate surface area is 213 Å². The molecular weight excluding hydrogens is 478 g/mol. The number of carbonyl (C=O) groups is 1. The molecule has 10 heteroatoms. The number of allylic oxidation sites excluding steroid dienone is 2. The lowest BCUT2D eigenvalue weighted by Crippen LogP contribution is -2.50. The van der Waals surface area contributed by atoms with E-state index in [0.717, 1.165) is 16.8 Å². The fourth-order valence-electron chi connectivity index (χ4n) is 4.62. The number of carbonyl (C=O) groups excluding carboxylic acids is 1. The molecule has 1 fully saturated rings. The van der Waals surface area contributed by atoms with Gasteiger partial charge >= 0.3 is 6.61 Å². The minimum absolute atomic E-state index is 0.0209. The molecular formula is C27H28F2N6O2. The summed E-state index contributed by atoms with van der Waals surface area (Å²) in [5, 5.41) is 4.76. The van der Waals surface area contributed by atoms with Crippen molar-refractivity contribution in [2.45, 2.75) is 26.2 Å². The highest BCUT2D eigenvalue weighted by Gasteiger charge is 2.26. The Kier molecular flexibility index (Phi) is 7.36. The highest BCUT2D eigenvalue weighted by molar-refractivity contribution is 5.79. The van der Waals surface area contributed by atoms with E-state index in [1.54, 1.807) is 35.3 Å². The summed E-state index contributed by atoms with van der Waals surface area (Å²) in [7, 11) is 0. The van der Waals surface area contributed by atoms with Crippen molar-refractivity contribution < 1.29 is 18.3 Å². The van der Waals surface area contributed by atoms with Crippen LogP contribution in [0.2, 0.25) is 0 Å². The van der Waals surface area contributed by atoms with Crippen LogP contribution in [0.4, 0.5) is 14.7 Å². The standard InChI is InChI=1S/C27H28F2N6O2/c1-19-16-21(8-9-24(19)37-26(28)29)22-17-23(20-6-3-2-4-7-20)35(32-22)18-25(36)33-12-14-34(15-13-33)27-30-10-5-11-31-27/h2-11,16-17,19,24,26H,12-15,18H2,1H3. The van der Waals surface area contributed by atoms with Crippen LogP contribution in [-0.2, 0) is 16.1 Å². The molecule has 2 aromatic heterocycles. The number of rotatable bonds is 7. The summed E-state index contributed by atoms with van der Waals surface area (Å²) in [6.45, 7) is 1.55. The van der Waals surface area contributed by atoms with Gasteiger partial charge in [-0.05, 0) is 23.3 Å². The number of ether oxygens (including phenoxy) is 1. The number of halogens is 2. The summed E-state index contributed by atoms with van der Waals surface area (Å²) in [5.74, 6) is 0.403. The Morgan fingerprint density at radius 3 is 2.49 bits per heavy atom. The van der Waals surface area contributed by atoms with Gasteiger partial charge in [-0.2, -0.15) is 13.9 Å².